The fourth-order valence-electron chi connectivity index (χ4n) is 1.73. The molecule has 2 rings (SSSR count). The summed E-state index contributed by atoms with van der Waals surface area (Å²) in [5.74, 6) is -2.24. The minimum Gasteiger partial charge on any atom is -0.466 e. The topological polar surface area (TPSA) is 59.4 Å². The Morgan fingerprint density at radius 3 is 2.46 bits per heavy atom. The Labute approximate surface area is 148 Å². The highest BCUT2D eigenvalue weighted by Crippen LogP contribution is 2.25. The Hall–Kier alpha value is -1.60. The lowest BCUT2D eigenvalue weighted by molar-refractivity contribution is -0.142. The molecule has 0 fully saturated rings. The van der Waals surface area contributed by atoms with E-state index < -0.39 is 29.6 Å². The van der Waals surface area contributed by atoms with Gasteiger partial charge < -0.3 is 9.84 Å². The summed E-state index contributed by atoms with van der Waals surface area (Å²) >= 11 is 3.17. The molecule has 2 aromatic rings. The molecule has 1 aromatic heterocycles. The molecule has 0 aliphatic carbocycles. The van der Waals surface area contributed by atoms with Crippen molar-refractivity contribution in [1.82, 2.24) is 4.98 Å². The number of pyridine rings is 1. The van der Waals surface area contributed by atoms with E-state index in [1.165, 1.54) is 12.3 Å². The van der Waals surface area contributed by atoms with Gasteiger partial charge in [-0.1, -0.05) is 0 Å². The highest BCUT2D eigenvalue weighted by molar-refractivity contribution is 9.10. The number of benzene rings is 1. The van der Waals surface area contributed by atoms with Crippen molar-refractivity contribution in [2.75, 3.05) is 6.61 Å². The average Bonchev–Trinajstić information content (AvgIpc) is 2.43. The van der Waals surface area contributed by atoms with Gasteiger partial charge in [0.1, 0.15) is 11.6 Å². The minimum atomic E-state index is -0.798. The lowest BCUT2D eigenvalue weighted by Gasteiger charge is -2.08. The fraction of sp³-hybridized carbons (Fsp3) is 0.412. The second kappa shape index (κ2) is 8.48. The van der Waals surface area contributed by atoms with Crippen molar-refractivity contribution in [2.45, 2.75) is 39.7 Å². The van der Waals surface area contributed by atoms with Crippen LogP contribution in [0.5, 0.6) is 0 Å². The van der Waals surface area contributed by atoms with Gasteiger partial charge in [-0.3, -0.25) is 9.78 Å². The van der Waals surface area contributed by atoms with Gasteiger partial charge >= 0.3 is 5.97 Å². The van der Waals surface area contributed by atoms with E-state index in [9.17, 15) is 13.6 Å². The Balaban J connectivity index is 0.000000505. The first-order valence-corrected chi connectivity index (χ1v) is 8.12. The monoisotopic (exact) mass is 403 g/mol. The van der Waals surface area contributed by atoms with Crippen LogP contribution in [-0.4, -0.2) is 28.3 Å². The molecule has 1 aromatic carbocycles. The van der Waals surface area contributed by atoms with Crippen molar-refractivity contribution < 1.29 is 23.4 Å². The number of esters is 1. The Bertz CT molecular complexity index is 724. The third-order valence-corrected chi connectivity index (χ3v) is 3.00. The summed E-state index contributed by atoms with van der Waals surface area (Å²) in [5, 5.41) is 8.68. The molecule has 7 heteroatoms. The van der Waals surface area contributed by atoms with Crippen molar-refractivity contribution >= 4 is 32.8 Å². The van der Waals surface area contributed by atoms with Crippen LogP contribution in [0.15, 0.2) is 22.8 Å². The highest BCUT2D eigenvalue weighted by Gasteiger charge is 2.18. The largest absolute Gasteiger partial charge is 0.466 e. The molecule has 0 amide bonds. The molecular weight excluding hydrogens is 384 g/mol. The molecular formula is C17H20BrF2NO3. The Morgan fingerprint density at radius 2 is 1.92 bits per heavy atom. The van der Waals surface area contributed by atoms with E-state index in [0.717, 1.165) is 6.07 Å². The molecule has 0 saturated carbocycles. The van der Waals surface area contributed by atoms with Crippen molar-refractivity contribution in [3.05, 3.63) is 40.0 Å². The van der Waals surface area contributed by atoms with E-state index >= 15 is 0 Å². The molecule has 24 heavy (non-hydrogen) atoms. The number of aromatic nitrogens is 1. The van der Waals surface area contributed by atoms with Gasteiger partial charge in [0.15, 0.2) is 0 Å². The molecule has 1 N–H and O–H groups in total. The van der Waals surface area contributed by atoms with E-state index in [1.54, 1.807) is 27.7 Å². The van der Waals surface area contributed by atoms with Gasteiger partial charge in [0.25, 0.3) is 0 Å². The minimum absolute atomic E-state index is 0.162. The molecule has 0 aliphatic rings. The quantitative estimate of drug-likeness (QED) is 0.781. The van der Waals surface area contributed by atoms with Crippen LogP contribution in [0, 0.1) is 11.6 Å². The zero-order valence-corrected chi connectivity index (χ0v) is 15.6. The van der Waals surface area contributed by atoms with Crippen molar-refractivity contribution in [2.24, 2.45) is 0 Å². The number of hydrogen-bond donors (Lipinski definition) is 1. The van der Waals surface area contributed by atoms with Crippen LogP contribution in [0.25, 0.3) is 10.9 Å². The van der Waals surface area contributed by atoms with Crippen LogP contribution in [0.3, 0.4) is 0 Å². The van der Waals surface area contributed by atoms with Crippen LogP contribution in [0.4, 0.5) is 8.78 Å². The molecule has 0 saturated heterocycles. The maximum absolute atomic E-state index is 14.2. The molecule has 0 unspecified atom stereocenters. The Morgan fingerprint density at radius 1 is 1.33 bits per heavy atom. The van der Waals surface area contributed by atoms with Crippen LogP contribution < -0.4 is 0 Å². The standard InChI is InChI=1S/C13H10BrF2NO2.C4H10O/c1-2-19-12(18)4-8-10(15)5-11-9(13(8)16)3-7(14)6-17-11;1-4(2,3)5/h3,5-6H,2,4H2,1H3;5H,1-3H3. The second-order valence-electron chi connectivity index (χ2n) is 6.02. The summed E-state index contributed by atoms with van der Waals surface area (Å²) in [6.07, 6.45) is 1.01. The summed E-state index contributed by atoms with van der Waals surface area (Å²) in [7, 11) is 0. The number of halogens is 3. The predicted octanol–water partition coefficient (Wildman–Crippen LogP) is 4.16. The summed E-state index contributed by atoms with van der Waals surface area (Å²) in [6.45, 7) is 7.03. The van der Waals surface area contributed by atoms with Crippen LogP contribution in [0.1, 0.15) is 33.3 Å². The van der Waals surface area contributed by atoms with E-state index in [1.807, 2.05) is 0 Å². The molecule has 4 nitrogen and oxygen atoms in total. The van der Waals surface area contributed by atoms with Gasteiger partial charge in [0.05, 0.1) is 24.1 Å². The maximum atomic E-state index is 14.2. The third kappa shape index (κ3) is 6.49. The zero-order valence-electron chi connectivity index (χ0n) is 14.0. The number of aliphatic hydroxyl groups is 1. The number of fused-ring (bicyclic) bond motifs is 1. The lowest BCUT2D eigenvalue weighted by Crippen LogP contribution is -2.11. The van der Waals surface area contributed by atoms with Crippen LogP contribution >= 0.6 is 15.9 Å². The number of nitrogens with zero attached hydrogens (tertiary/aromatic N) is 1. The smallest absolute Gasteiger partial charge is 0.310 e. The molecule has 1 heterocycles. The first-order chi connectivity index (χ1) is 11.0. The number of carbonyl (C=O) groups is 1. The SMILES string of the molecule is CC(C)(C)O.CCOC(=O)Cc1c(F)cc2ncc(Br)cc2c1F. The van der Waals surface area contributed by atoms with E-state index in [4.69, 9.17) is 9.84 Å². The third-order valence-electron chi connectivity index (χ3n) is 2.56. The lowest BCUT2D eigenvalue weighted by atomic mass is 10.1. The van der Waals surface area contributed by atoms with Crippen LogP contribution in [0.2, 0.25) is 0 Å². The van der Waals surface area contributed by atoms with Crippen LogP contribution in [-0.2, 0) is 16.0 Å². The predicted molar refractivity (Wildman–Crippen MR) is 91.7 cm³/mol. The summed E-state index contributed by atoms with van der Waals surface area (Å²) in [6, 6.07) is 2.60. The first kappa shape index (κ1) is 20.4. The Kier molecular flexibility index (Phi) is 7.23. The van der Waals surface area contributed by atoms with Crippen molar-refractivity contribution in [1.29, 1.82) is 0 Å². The first-order valence-electron chi connectivity index (χ1n) is 7.33. The number of hydrogen-bond acceptors (Lipinski definition) is 4. The van der Waals surface area contributed by atoms with Crippen molar-refractivity contribution in [3.8, 4) is 0 Å². The number of rotatable bonds is 3. The summed E-state index contributed by atoms with van der Waals surface area (Å²) < 4.78 is 33.3. The number of carbonyl (C=O) groups excluding carboxylic acids is 1. The molecule has 0 spiro atoms. The molecule has 0 atom stereocenters. The van der Waals surface area contributed by atoms with Gasteiger partial charge in [-0.25, -0.2) is 8.78 Å². The van der Waals surface area contributed by atoms with Gasteiger partial charge in [0.2, 0.25) is 0 Å². The molecule has 132 valence electrons. The fourth-order valence-corrected chi connectivity index (χ4v) is 2.06. The molecule has 0 radical (unpaired) electrons. The van der Waals surface area contributed by atoms with Gasteiger partial charge in [-0.05, 0) is 49.7 Å². The van der Waals surface area contributed by atoms with E-state index in [0.29, 0.717) is 4.47 Å². The zero-order chi connectivity index (χ0) is 18.5. The average molecular weight is 404 g/mol. The summed E-state index contributed by atoms with van der Waals surface area (Å²) in [4.78, 5) is 15.3. The van der Waals surface area contributed by atoms with E-state index in [2.05, 4.69) is 20.9 Å². The highest BCUT2D eigenvalue weighted by atomic mass is 79.9. The van der Waals surface area contributed by atoms with Gasteiger partial charge in [-0.2, -0.15) is 0 Å². The van der Waals surface area contributed by atoms with Gasteiger partial charge in [0, 0.05) is 27.7 Å². The van der Waals surface area contributed by atoms with Gasteiger partial charge in [-0.15, -0.1) is 0 Å². The maximum Gasteiger partial charge on any atom is 0.310 e. The summed E-state index contributed by atoms with van der Waals surface area (Å²) in [5.41, 5.74) is -0.600. The second-order valence-corrected chi connectivity index (χ2v) is 6.94. The van der Waals surface area contributed by atoms with E-state index in [-0.39, 0.29) is 23.1 Å². The number of ether oxygens (including phenoxy) is 1. The van der Waals surface area contributed by atoms with Crippen molar-refractivity contribution in [3.63, 3.8) is 0 Å². The molecule has 0 bridgehead atoms. The molecule has 0 aliphatic heterocycles. The normalized spacial score (nSPS) is 11.0.